The minimum Gasteiger partial charge on any atom is -0.497 e. The van der Waals surface area contributed by atoms with E-state index in [9.17, 15) is 22.7 Å². The average Bonchev–Trinajstić information content (AvgIpc) is 3.10. The molecule has 15 heteroatoms. The first-order chi connectivity index (χ1) is 24.3. The molecule has 3 fully saturated rings. The summed E-state index contributed by atoms with van der Waals surface area (Å²) in [6, 6.07) is 9.61. The molecule has 3 aliphatic heterocycles. The maximum atomic E-state index is 14.3. The van der Waals surface area contributed by atoms with Gasteiger partial charge in [-0.3, -0.25) is 9.69 Å². The molecule has 0 saturated carbocycles. The second-order valence-electron chi connectivity index (χ2n) is 14.1. The first kappa shape index (κ1) is 36.9. The predicted molar refractivity (Wildman–Crippen MR) is 188 cm³/mol. The van der Waals surface area contributed by atoms with Crippen molar-refractivity contribution in [3.63, 3.8) is 0 Å². The zero-order chi connectivity index (χ0) is 36.4. The molecule has 0 unspecified atom stereocenters. The third-order valence-electron chi connectivity index (χ3n) is 10.1. The number of anilines is 1. The summed E-state index contributed by atoms with van der Waals surface area (Å²) in [5.74, 6) is -0.379. The fourth-order valence-corrected chi connectivity index (χ4v) is 8.49. The molecule has 1 aromatic heterocycles. The number of benzene rings is 2. The third kappa shape index (κ3) is 8.28. The number of methoxy groups -OCH3 is 1. The van der Waals surface area contributed by atoms with E-state index in [0.717, 1.165) is 39.0 Å². The Morgan fingerprint density at radius 2 is 1.86 bits per heavy atom. The normalized spacial score (nSPS) is 22.1. The quantitative estimate of drug-likeness (QED) is 0.279. The molecule has 3 aliphatic rings. The summed E-state index contributed by atoms with van der Waals surface area (Å²) in [6.07, 6.45) is 5.62. The summed E-state index contributed by atoms with van der Waals surface area (Å²) < 4.78 is 60.0. The molecule has 51 heavy (non-hydrogen) atoms. The van der Waals surface area contributed by atoms with E-state index >= 15 is 0 Å². The number of nitrogens with zero attached hydrogens (tertiary/aromatic N) is 5. The molecule has 0 bridgehead atoms. The number of likely N-dealkylation sites (tertiary alicyclic amines) is 1. The molecular formula is C36H47FN6O7S. The molecule has 276 valence electrons. The van der Waals surface area contributed by atoms with Gasteiger partial charge in [-0.1, -0.05) is 0 Å². The SMILES string of the molecule is CCN(C(=O)c1cc(F)ccc1Oc1cncnc1N1CC2(CCN(C[C@@]3(O)CC[C@@H](NS(=O)(=O)c4ccc(OC)cc4)CO3)CC2)C1)C(C)C. The van der Waals surface area contributed by atoms with Gasteiger partial charge in [-0.25, -0.2) is 27.5 Å². The van der Waals surface area contributed by atoms with Gasteiger partial charge in [0.2, 0.25) is 10.0 Å². The number of ether oxygens (including phenoxy) is 3. The Hall–Kier alpha value is -3.89. The standard InChI is InChI=1S/C36H47FN6O7S/c1-5-43(25(2)3)34(44)30-18-26(37)6-11-31(30)50-32-19-38-24-39-33(32)42-21-35(22-42)14-16-41(17-15-35)23-36(45)13-12-27(20-49-36)40-51(46,47)29-9-7-28(48-4)8-10-29/h6-11,18-19,24-25,27,40,45H,5,12-17,20-23H2,1-4H3/t27-,36-/m1/s1. The summed E-state index contributed by atoms with van der Waals surface area (Å²) in [7, 11) is -2.22. The van der Waals surface area contributed by atoms with Gasteiger partial charge in [-0.15, -0.1) is 0 Å². The number of hydrogen-bond donors (Lipinski definition) is 2. The van der Waals surface area contributed by atoms with Crippen LogP contribution < -0.4 is 19.1 Å². The number of nitrogens with one attached hydrogen (secondary N) is 1. The van der Waals surface area contributed by atoms with Crippen LogP contribution in [0.2, 0.25) is 0 Å². The number of carbonyl (C=O) groups is 1. The lowest BCUT2D eigenvalue weighted by atomic mass is 9.72. The van der Waals surface area contributed by atoms with Gasteiger partial charge in [0.25, 0.3) is 5.91 Å². The van der Waals surface area contributed by atoms with Crippen molar-refractivity contribution in [1.29, 1.82) is 0 Å². The van der Waals surface area contributed by atoms with Crippen LogP contribution in [-0.4, -0.2) is 110 Å². The van der Waals surface area contributed by atoms with Crippen LogP contribution in [0.4, 0.5) is 10.2 Å². The number of hydrogen-bond acceptors (Lipinski definition) is 11. The van der Waals surface area contributed by atoms with Crippen molar-refractivity contribution in [1.82, 2.24) is 24.5 Å². The molecule has 3 aromatic rings. The Labute approximate surface area is 298 Å². The van der Waals surface area contributed by atoms with Gasteiger partial charge in [-0.05, 0) is 95.6 Å². The lowest BCUT2D eigenvalue weighted by Crippen LogP contribution is -2.62. The van der Waals surface area contributed by atoms with Crippen LogP contribution in [-0.2, 0) is 14.8 Å². The van der Waals surface area contributed by atoms with Crippen molar-refractivity contribution in [3.05, 3.63) is 66.4 Å². The maximum Gasteiger partial charge on any atom is 0.257 e. The van der Waals surface area contributed by atoms with Gasteiger partial charge < -0.3 is 29.1 Å². The van der Waals surface area contributed by atoms with E-state index in [4.69, 9.17) is 14.2 Å². The Morgan fingerprint density at radius 1 is 1.14 bits per heavy atom. The van der Waals surface area contributed by atoms with E-state index in [-0.39, 0.29) is 40.2 Å². The van der Waals surface area contributed by atoms with E-state index in [2.05, 4.69) is 24.5 Å². The number of sulfonamides is 1. The molecule has 1 spiro atoms. The number of halogens is 1. The largest absolute Gasteiger partial charge is 0.497 e. The number of rotatable bonds is 12. The second-order valence-corrected chi connectivity index (χ2v) is 15.8. The van der Waals surface area contributed by atoms with Crippen LogP contribution in [0.15, 0.2) is 59.9 Å². The molecule has 2 aromatic carbocycles. The minimum atomic E-state index is -3.74. The molecule has 0 aliphatic carbocycles. The lowest BCUT2D eigenvalue weighted by molar-refractivity contribution is -0.239. The first-order valence-corrected chi connectivity index (χ1v) is 18.9. The van der Waals surface area contributed by atoms with Gasteiger partial charge in [0, 0.05) is 43.6 Å². The monoisotopic (exact) mass is 726 g/mol. The van der Waals surface area contributed by atoms with E-state index in [1.807, 2.05) is 20.8 Å². The summed E-state index contributed by atoms with van der Waals surface area (Å²) in [5, 5.41) is 11.3. The van der Waals surface area contributed by atoms with Crippen molar-refractivity contribution in [3.8, 4) is 17.2 Å². The van der Waals surface area contributed by atoms with Crippen molar-refractivity contribution >= 4 is 21.7 Å². The number of piperidine rings is 1. The molecule has 0 radical (unpaired) electrons. The summed E-state index contributed by atoms with van der Waals surface area (Å²) in [5.41, 5.74) is 0.219. The molecule has 4 heterocycles. The highest BCUT2D eigenvalue weighted by atomic mass is 32.2. The van der Waals surface area contributed by atoms with Crippen LogP contribution >= 0.6 is 0 Å². The second kappa shape index (κ2) is 15.0. The molecule has 3 saturated heterocycles. The number of β-amino-alcohol motifs (C(OH)–C–C–N with tert-alkyl or cyclic N) is 1. The predicted octanol–water partition coefficient (Wildman–Crippen LogP) is 4.04. The third-order valence-corrected chi connectivity index (χ3v) is 11.7. The average molecular weight is 727 g/mol. The van der Waals surface area contributed by atoms with E-state index in [1.165, 1.54) is 43.8 Å². The molecular weight excluding hydrogens is 679 g/mol. The Morgan fingerprint density at radius 3 is 2.49 bits per heavy atom. The number of aliphatic hydroxyl groups is 1. The summed E-state index contributed by atoms with van der Waals surface area (Å²) >= 11 is 0. The van der Waals surface area contributed by atoms with Crippen LogP contribution in [0.5, 0.6) is 17.2 Å². The summed E-state index contributed by atoms with van der Waals surface area (Å²) in [4.78, 5) is 28.2. The van der Waals surface area contributed by atoms with Gasteiger partial charge in [0.1, 0.15) is 23.6 Å². The summed E-state index contributed by atoms with van der Waals surface area (Å²) in [6.45, 7) is 9.69. The van der Waals surface area contributed by atoms with E-state index in [1.54, 1.807) is 23.2 Å². The Kier molecular flexibility index (Phi) is 10.8. The smallest absolute Gasteiger partial charge is 0.257 e. The van der Waals surface area contributed by atoms with Gasteiger partial charge in [-0.2, -0.15) is 0 Å². The lowest BCUT2D eigenvalue weighted by Gasteiger charge is -2.55. The van der Waals surface area contributed by atoms with Crippen LogP contribution in [0, 0.1) is 11.2 Å². The Balaban J connectivity index is 1.01. The van der Waals surface area contributed by atoms with Crippen molar-refractivity contribution in [2.24, 2.45) is 5.41 Å². The highest BCUT2D eigenvalue weighted by Gasteiger charge is 2.47. The molecule has 2 atom stereocenters. The maximum absolute atomic E-state index is 14.3. The van der Waals surface area contributed by atoms with Crippen molar-refractivity contribution < 1.29 is 36.9 Å². The van der Waals surface area contributed by atoms with Crippen LogP contribution in [0.1, 0.15) is 56.8 Å². The fourth-order valence-electron chi connectivity index (χ4n) is 7.23. The highest BCUT2D eigenvalue weighted by molar-refractivity contribution is 7.89. The van der Waals surface area contributed by atoms with Gasteiger partial charge in [0.15, 0.2) is 17.4 Å². The fraction of sp³-hybridized carbons (Fsp3) is 0.528. The highest BCUT2D eigenvalue weighted by Crippen LogP contribution is 2.45. The van der Waals surface area contributed by atoms with Gasteiger partial charge in [0.05, 0.1) is 36.9 Å². The van der Waals surface area contributed by atoms with Crippen molar-refractivity contribution in [2.75, 3.05) is 57.9 Å². The van der Waals surface area contributed by atoms with E-state index < -0.39 is 27.7 Å². The number of amides is 1. The number of carbonyl (C=O) groups excluding carboxylic acids is 1. The molecule has 13 nitrogen and oxygen atoms in total. The Bertz CT molecular complexity index is 1790. The first-order valence-electron chi connectivity index (χ1n) is 17.4. The zero-order valence-corrected chi connectivity index (χ0v) is 30.4. The zero-order valence-electron chi connectivity index (χ0n) is 29.5. The minimum absolute atomic E-state index is 0.0666. The molecule has 1 amide bonds. The van der Waals surface area contributed by atoms with Gasteiger partial charge >= 0.3 is 0 Å². The van der Waals surface area contributed by atoms with Crippen LogP contribution in [0.3, 0.4) is 0 Å². The topological polar surface area (TPSA) is 147 Å². The number of aromatic nitrogens is 2. The van der Waals surface area contributed by atoms with Crippen molar-refractivity contribution in [2.45, 2.75) is 69.2 Å². The molecule has 6 rings (SSSR count). The molecule has 2 N–H and O–H groups in total. The van der Waals surface area contributed by atoms with Crippen LogP contribution in [0.25, 0.3) is 0 Å². The van der Waals surface area contributed by atoms with E-state index in [0.29, 0.717) is 43.2 Å².